The number of fused-ring (bicyclic) bond motifs is 1. The topological polar surface area (TPSA) is 50.9 Å². The Morgan fingerprint density at radius 1 is 1.25 bits per heavy atom. The first-order valence-corrected chi connectivity index (χ1v) is 5.08. The third-order valence-corrected chi connectivity index (χ3v) is 2.69. The van der Waals surface area contributed by atoms with Crippen LogP contribution in [0, 0.1) is 0 Å². The van der Waals surface area contributed by atoms with Gasteiger partial charge in [0.1, 0.15) is 0 Å². The first-order valence-electron chi connectivity index (χ1n) is 4.70. The van der Waals surface area contributed by atoms with Gasteiger partial charge in [0.25, 0.3) is 0 Å². The molecule has 0 fully saturated rings. The Kier molecular flexibility index (Phi) is 1.91. The molecule has 0 unspecified atom stereocenters. The van der Waals surface area contributed by atoms with E-state index in [9.17, 15) is 4.79 Å². The molecule has 0 bridgehead atoms. The summed E-state index contributed by atoms with van der Waals surface area (Å²) in [4.78, 5) is 14.5. The Bertz CT molecular complexity index is 694. The first-order chi connectivity index (χ1) is 7.77. The van der Waals surface area contributed by atoms with E-state index in [0.717, 1.165) is 0 Å². The molecule has 4 nitrogen and oxygen atoms in total. The van der Waals surface area contributed by atoms with Crippen LogP contribution < -0.4 is 5.69 Å². The molecule has 5 heteroatoms. The number of furan rings is 1. The summed E-state index contributed by atoms with van der Waals surface area (Å²) in [6, 6.07) is 8.74. The third kappa shape index (κ3) is 1.20. The summed E-state index contributed by atoms with van der Waals surface area (Å²) < 4.78 is 6.62. The van der Waals surface area contributed by atoms with Gasteiger partial charge in [-0.2, -0.15) is 0 Å². The molecule has 0 saturated carbocycles. The van der Waals surface area contributed by atoms with Crippen LogP contribution in [0.3, 0.4) is 0 Å². The number of nitrogens with zero attached hydrogens (tertiary/aromatic N) is 1. The normalized spacial score (nSPS) is 11.1. The fourth-order valence-corrected chi connectivity index (χ4v) is 1.98. The highest BCUT2D eigenvalue weighted by Gasteiger charge is 2.12. The van der Waals surface area contributed by atoms with Crippen molar-refractivity contribution in [2.45, 2.75) is 0 Å². The van der Waals surface area contributed by atoms with E-state index in [1.54, 1.807) is 30.3 Å². The van der Waals surface area contributed by atoms with E-state index >= 15 is 0 Å². The van der Waals surface area contributed by atoms with E-state index in [-0.39, 0.29) is 5.69 Å². The number of aromatic nitrogens is 2. The van der Waals surface area contributed by atoms with Crippen LogP contribution in [-0.4, -0.2) is 9.55 Å². The molecule has 0 aliphatic carbocycles. The van der Waals surface area contributed by atoms with Gasteiger partial charge in [-0.25, -0.2) is 9.36 Å². The van der Waals surface area contributed by atoms with Gasteiger partial charge in [0.15, 0.2) is 0 Å². The average Bonchev–Trinajstić information content (AvgIpc) is 2.84. The van der Waals surface area contributed by atoms with Gasteiger partial charge in [0.05, 0.1) is 22.3 Å². The molecule has 0 aliphatic rings. The average molecular weight is 235 g/mol. The van der Waals surface area contributed by atoms with Crippen molar-refractivity contribution in [1.29, 1.82) is 0 Å². The van der Waals surface area contributed by atoms with E-state index in [4.69, 9.17) is 16.0 Å². The van der Waals surface area contributed by atoms with Crippen LogP contribution in [0.25, 0.3) is 16.9 Å². The number of nitrogens with one attached hydrogen (secondary N) is 1. The molecule has 0 saturated heterocycles. The summed E-state index contributed by atoms with van der Waals surface area (Å²) in [6.45, 7) is 0. The van der Waals surface area contributed by atoms with Crippen LogP contribution in [0.5, 0.6) is 0 Å². The lowest BCUT2D eigenvalue weighted by atomic mass is 10.3. The van der Waals surface area contributed by atoms with Crippen molar-refractivity contribution < 1.29 is 4.42 Å². The minimum absolute atomic E-state index is 0.266. The lowest BCUT2D eigenvalue weighted by Gasteiger charge is -1.99. The molecule has 80 valence electrons. The number of benzene rings is 1. The molecule has 0 spiro atoms. The summed E-state index contributed by atoms with van der Waals surface area (Å²) in [5.41, 5.74) is 1.05. The van der Waals surface area contributed by atoms with Crippen molar-refractivity contribution in [3.05, 3.63) is 52.1 Å². The molecule has 2 aromatic heterocycles. The molecular formula is C11H7ClN2O2. The Morgan fingerprint density at radius 3 is 2.88 bits per heavy atom. The van der Waals surface area contributed by atoms with Crippen molar-refractivity contribution in [2.24, 2.45) is 0 Å². The van der Waals surface area contributed by atoms with Crippen molar-refractivity contribution in [2.75, 3.05) is 0 Å². The molecule has 0 radical (unpaired) electrons. The molecule has 3 rings (SSSR count). The highest BCUT2D eigenvalue weighted by atomic mass is 35.5. The second kappa shape index (κ2) is 3.28. The maximum absolute atomic E-state index is 11.8. The summed E-state index contributed by atoms with van der Waals surface area (Å²) >= 11 is 6.07. The van der Waals surface area contributed by atoms with E-state index in [1.165, 1.54) is 10.8 Å². The summed E-state index contributed by atoms with van der Waals surface area (Å²) in [5, 5.41) is 0.507. The van der Waals surface area contributed by atoms with Crippen LogP contribution >= 0.6 is 11.6 Å². The third-order valence-electron chi connectivity index (χ3n) is 2.38. The SMILES string of the molecule is O=c1[nH]c2cccc(Cl)c2n1-c1ccco1. The smallest absolute Gasteiger partial charge is 0.333 e. The van der Waals surface area contributed by atoms with Gasteiger partial charge in [-0.05, 0) is 18.2 Å². The number of H-pyrrole nitrogens is 1. The number of hydrogen-bond acceptors (Lipinski definition) is 2. The fourth-order valence-electron chi connectivity index (χ4n) is 1.72. The Balaban J connectivity index is 2.49. The zero-order valence-electron chi connectivity index (χ0n) is 8.11. The van der Waals surface area contributed by atoms with Gasteiger partial charge in [0, 0.05) is 6.07 Å². The highest BCUT2D eigenvalue weighted by molar-refractivity contribution is 6.35. The van der Waals surface area contributed by atoms with Gasteiger partial charge in [-0.15, -0.1) is 0 Å². The van der Waals surface area contributed by atoms with E-state index in [1.807, 2.05) is 0 Å². The Hall–Kier alpha value is -1.94. The molecule has 0 atom stereocenters. The molecule has 3 aromatic rings. The molecule has 2 heterocycles. The van der Waals surface area contributed by atoms with Gasteiger partial charge in [-0.1, -0.05) is 17.7 Å². The van der Waals surface area contributed by atoms with Crippen LogP contribution in [0.2, 0.25) is 5.02 Å². The van der Waals surface area contributed by atoms with E-state index < -0.39 is 0 Å². The van der Waals surface area contributed by atoms with Crippen molar-refractivity contribution >= 4 is 22.6 Å². The van der Waals surface area contributed by atoms with Crippen LogP contribution in [0.4, 0.5) is 0 Å². The maximum atomic E-state index is 11.8. The molecule has 0 aliphatic heterocycles. The zero-order valence-corrected chi connectivity index (χ0v) is 8.86. The number of para-hydroxylation sites is 1. The van der Waals surface area contributed by atoms with Crippen molar-refractivity contribution in [1.82, 2.24) is 9.55 Å². The molecule has 1 N–H and O–H groups in total. The molecule has 1 aromatic carbocycles. The second-order valence-electron chi connectivity index (χ2n) is 3.35. The summed E-state index contributed by atoms with van der Waals surface area (Å²) in [7, 11) is 0. The fraction of sp³-hybridized carbons (Fsp3) is 0. The Morgan fingerprint density at radius 2 is 2.12 bits per heavy atom. The largest absolute Gasteiger partial charge is 0.448 e. The van der Waals surface area contributed by atoms with Gasteiger partial charge in [0.2, 0.25) is 5.88 Å². The Labute approximate surface area is 95.1 Å². The minimum atomic E-state index is -0.266. The van der Waals surface area contributed by atoms with Crippen LogP contribution in [-0.2, 0) is 0 Å². The zero-order chi connectivity index (χ0) is 11.1. The number of hydrogen-bond donors (Lipinski definition) is 1. The predicted octanol–water partition coefficient (Wildman–Crippen LogP) is 2.57. The van der Waals surface area contributed by atoms with Crippen molar-refractivity contribution in [3.63, 3.8) is 0 Å². The van der Waals surface area contributed by atoms with Crippen LogP contribution in [0.15, 0.2) is 45.8 Å². The number of imidazole rings is 1. The van der Waals surface area contributed by atoms with Gasteiger partial charge < -0.3 is 9.40 Å². The minimum Gasteiger partial charge on any atom is -0.448 e. The highest BCUT2D eigenvalue weighted by Crippen LogP contribution is 2.23. The lowest BCUT2D eigenvalue weighted by Crippen LogP contribution is -2.13. The summed E-state index contributed by atoms with van der Waals surface area (Å²) in [5.74, 6) is 0.448. The number of rotatable bonds is 1. The van der Waals surface area contributed by atoms with Gasteiger partial charge >= 0.3 is 5.69 Å². The van der Waals surface area contributed by atoms with Crippen molar-refractivity contribution in [3.8, 4) is 5.88 Å². The molecular weight excluding hydrogens is 228 g/mol. The van der Waals surface area contributed by atoms with E-state index in [0.29, 0.717) is 21.9 Å². The predicted molar refractivity (Wildman–Crippen MR) is 61.2 cm³/mol. The second-order valence-corrected chi connectivity index (χ2v) is 3.76. The van der Waals surface area contributed by atoms with Gasteiger partial charge in [-0.3, -0.25) is 0 Å². The summed E-state index contributed by atoms with van der Waals surface area (Å²) in [6.07, 6.45) is 1.51. The van der Waals surface area contributed by atoms with E-state index in [2.05, 4.69) is 4.98 Å². The molecule has 0 amide bonds. The van der Waals surface area contributed by atoms with Crippen LogP contribution in [0.1, 0.15) is 0 Å². The standard InChI is InChI=1S/C11H7ClN2O2/c12-7-3-1-4-8-10(7)14(11(15)13-8)9-5-2-6-16-9/h1-6H,(H,13,15). The first kappa shape index (κ1) is 9.30. The quantitative estimate of drug-likeness (QED) is 0.704. The molecule has 16 heavy (non-hydrogen) atoms. The monoisotopic (exact) mass is 234 g/mol. The lowest BCUT2D eigenvalue weighted by molar-refractivity contribution is 0.538. The number of halogens is 1. The maximum Gasteiger partial charge on any atom is 0.333 e. The number of aromatic amines is 1.